The van der Waals surface area contributed by atoms with Crippen LogP contribution >= 0.6 is 0 Å². The third-order valence-corrected chi connectivity index (χ3v) is 3.69. The second-order valence-electron chi connectivity index (χ2n) is 6.01. The third kappa shape index (κ3) is 5.57. The van der Waals surface area contributed by atoms with E-state index in [2.05, 4.69) is 19.6 Å². The van der Waals surface area contributed by atoms with E-state index in [9.17, 15) is 14.4 Å². The minimum Gasteiger partial charge on any atom is -0.481 e. The van der Waals surface area contributed by atoms with E-state index >= 15 is 0 Å². The van der Waals surface area contributed by atoms with E-state index < -0.39 is 36.4 Å². The summed E-state index contributed by atoms with van der Waals surface area (Å²) >= 11 is 0. The van der Waals surface area contributed by atoms with Gasteiger partial charge in [0.25, 0.3) is 0 Å². The zero-order valence-electron chi connectivity index (χ0n) is 13.0. The van der Waals surface area contributed by atoms with E-state index in [0.717, 1.165) is 0 Å². The van der Waals surface area contributed by atoms with Gasteiger partial charge in [-0.1, -0.05) is 0 Å². The van der Waals surface area contributed by atoms with Gasteiger partial charge in [0.05, 0.1) is 52.9 Å². The first-order valence-electron chi connectivity index (χ1n) is 6.97. The molecule has 0 aromatic heterocycles. The van der Waals surface area contributed by atoms with Crippen molar-refractivity contribution < 1.29 is 61.0 Å². The molecule has 4 fully saturated rings. The van der Waals surface area contributed by atoms with Crippen LogP contribution < -0.4 is 0 Å². The largest absolute Gasteiger partial charge is 0.481 e. The van der Waals surface area contributed by atoms with Crippen LogP contribution in [0.4, 0.5) is 0 Å². The Hall–Kier alpha value is -0.907. The summed E-state index contributed by atoms with van der Waals surface area (Å²) in [5.41, 5.74) is -2.74. The smallest absolute Gasteiger partial charge is 0.336 e. The molecule has 4 aliphatic heterocycles. The Morgan fingerprint density at radius 1 is 0.708 bits per heavy atom. The second-order valence-corrected chi connectivity index (χ2v) is 6.01. The molecule has 134 valence electrons. The maximum absolute atomic E-state index is 10.3. The molecule has 0 aliphatic carbocycles. The molecule has 0 saturated carbocycles. The van der Waals surface area contributed by atoms with Crippen molar-refractivity contribution in [3.63, 3.8) is 0 Å². The number of carboxylic acids is 3. The normalized spacial score (nSPS) is 29.9. The van der Waals surface area contributed by atoms with Crippen LogP contribution in [0.3, 0.4) is 0 Å². The third-order valence-electron chi connectivity index (χ3n) is 3.69. The van der Waals surface area contributed by atoms with Crippen LogP contribution in [0.25, 0.3) is 0 Å². The molecule has 4 heterocycles. The van der Waals surface area contributed by atoms with Gasteiger partial charge in [0.2, 0.25) is 0 Å². The fraction of sp³-hybridized carbons (Fsp3) is 0.750. The SMILES string of the molecule is C1N2CN3CN1CN(C2)C3.O=C(O)CC(O)(CC(=O)O)C(=O)O.[Zr]. The predicted molar refractivity (Wildman–Crippen MR) is 73.6 cm³/mol. The minimum atomic E-state index is -2.74. The first kappa shape index (κ1) is 21.1. The molecule has 4 aliphatic rings. The van der Waals surface area contributed by atoms with Gasteiger partial charge in [-0.2, -0.15) is 0 Å². The molecule has 0 aromatic carbocycles. The molecule has 0 radical (unpaired) electrons. The van der Waals surface area contributed by atoms with Crippen LogP contribution in [0, 0.1) is 0 Å². The average Bonchev–Trinajstić information content (AvgIpc) is 2.35. The number of nitrogens with zero attached hydrogens (tertiary/aromatic N) is 4. The molecular weight excluding hydrogens is 403 g/mol. The molecule has 4 bridgehead atoms. The zero-order valence-corrected chi connectivity index (χ0v) is 15.4. The average molecular weight is 424 g/mol. The fourth-order valence-corrected chi connectivity index (χ4v) is 2.95. The van der Waals surface area contributed by atoms with Gasteiger partial charge >= 0.3 is 17.9 Å². The van der Waals surface area contributed by atoms with E-state index in [-0.39, 0.29) is 26.2 Å². The monoisotopic (exact) mass is 422 g/mol. The topological polar surface area (TPSA) is 145 Å². The van der Waals surface area contributed by atoms with Gasteiger partial charge < -0.3 is 20.4 Å². The molecule has 24 heavy (non-hydrogen) atoms. The number of aliphatic carboxylic acids is 3. The molecule has 0 spiro atoms. The summed E-state index contributed by atoms with van der Waals surface area (Å²) in [6.45, 7) is 7.12. The van der Waals surface area contributed by atoms with E-state index in [1.54, 1.807) is 0 Å². The van der Waals surface area contributed by atoms with Gasteiger partial charge in [-0.3, -0.25) is 29.2 Å². The Labute approximate surface area is 157 Å². The summed E-state index contributed by atoms with van der Waals surface area (Å²) in [5, 5.41) is 33.8. The molecule has 0 atom stereocenters. The van der Waals surface area contributed by atoms with Gasteiger partial charge in [0.1, 0.15) is 0 Å². The summed E-state index contributed by atoms with van der Waals surface area (Å²) in [4.78, 5) is 40.4. The maximum atomic E-state index is 10.3. The summed E-state index contributed by atoms with van der Waals surface area (Å²) in [6.07, 6.45) is -2.29. The Morgan fingerprint density at radius 3 is 1.12 bits per heavy atom. The number of hydrogen-bond acceptors (Lipinski definition) is 8. The van der Waals surface area contributed by atoms with Crippen molar-refractivity contribution in [1.82, 2.24) is 19.6 Å². The van der Waals surface area contributed by atoms with Crippen molar-refractivity contribution >= 4 is 17.9 Å². The molecule has 12 heteroatoms. The molecule has 0 unspecified atom stereocenters. The van der Waals surface area contributed by atoms with Crippen LogP contribution in [-0.2, 0) is 40.6 Å². The van der Waals surface area contributed by atoms with Crippen LogP contribution in [0.5, 0.6) is 0 Å². The Bertz CT molecular complexity index is 431. The standard InChI is InChI=1S/C6H12N4.C6H8O7.Zr/c1-7-2-9-4-8(1)5-10(3-7)6-9;7-3(8)1-6(13,5(11)12)2-4(9)10;/h1-6H2;13H,1-2H2,(H,7,8)(H,9,10)(H,11,12);. The van der Waals surface area contributed by atoms with Crippen molar-refractivity contribution in [2.45, 2.75) is 18.4 Å². The first-order valence-corrected chi connectivity index (χ1v) is 6.97. The number of carboxylic acid groups (broad SMARTS) is 3. The van der Waals surface area contributed by atoms with Crippen LogP contribution in [0.15, 0.2) is 0 Å². The Morgan fingerprint density at radius 2 is 0.958 bits per heavy atom. The van der Waals surface area contributed by atoms with Crippen molar-refractivity contribution in [3.8, 4) is 0 Å². The zero-order chi connectivity index (χ0) is 17.2. The maximum Gasteiger partial charge on any atom is 0.336 e. The fourth-order valence-electron chi connectivity index (χ4n) is 2.95. The van der Waals surface area contributed by atoms with Crippen LogP contribution in [0.1, 0.15) is 12.8 Å². The summed E-state index contributed by atoms with van der Waals surface area (Å²) in [6, 6.07) is 0. The number of rotatable bonds is 5. The van der Waals surface area contributed by atoms with E-state index in [0.29, 0.717) is 0 Å². The van der Waals surface area contributed by atoms with E-state index in [1.807, 2.05) is 0 Å². The van der Waals surface area contributed by atoms with Crippen molar-refractivity contribution in [3.05, 3.63) is 0 Å². The quantitative estimate of drug-likeness (QED) is 0.380. The van der Waals surface area contributed by atoms with E-state index in [4.69, 9.17) is 20.4 Å². The van der Waals surface area contributed by atoms with Gasteiger partial charge in [-0.15, -0.1) is 0 Å². The van der Waals surface area contributed by atoms with Gasteiger partial charge in [-0.25, -0.2) is 4.79 Å². The molecule has 0 amide bonds. The summed E-state index contributed by atoms with van der Waals surface area (Å²) in [5.74, 6) is -5.02. The molecule has 4 N–H and O–H groups in total. The number of aliphatic hydroxyl groups is 1. The van der Waals surface area contributed by atoms with Crippen LogP contribution in [0.2, 0.25) is 0 Å². The van der Waals surface area contributed by atoms with Crippen molar-refractivity contribution in [2.24, 2.45) is 0 Å². The number of carbonyl (C=O) groups is 3. The van der Waals surface area contributed by atoms with E-state index in [1.165, 1.54) is 40.0 Å². The summed E-state index contributed by atoms with van der Waals surface area (Å²) in [7, 11) is 0. The minimum absolute atomic E-state index is 0. The Kier molecular flexibility index (Phi) is 7.45. The van der Waals surface area contributed by atoms with Crippen molar-refractivity contribution in [1.29, 1.82) is 0 Å². The second kappa shape index (κ2) is 8.46. The predicted octanol–water partition coefficient (Wildman–Crippen LogP) is -2.27. The number of hydrogen-bond donors (Lipinski definition) is 4. The first-order chi connectivity index (χ1) is 10.7. The van der Waals surface area contributed by atoms with Crippen LogP contribution in [-0.4, -0.2) is 104 Å². The van der Waals surface area contributed by atoms with Gasteiger partial charge in [0.15, 0.2) is 5.60 Å². The molecule has 11 nitrogen and oxygen atoms in total. The molecule has 4 saturated heterocycles. The van der Waals surface area contributed by atoms with Crippen molar-refractivity contribution in [2.75, 3.05) is 40.0 Å². The Balaban J connectivity index is 0.000000234. The summed E-state index contributed by atoms with van der Waals surface area (Å²) < 4.78 is 0. The molecular formula is C12H20N4O7Zr. The van der Waals surface area contributed by atoms with Gasteiger partial charge in [-0.05, 0) is 0 Å². The molecule has 0 aromatic rings. The molecule has 4 rings (SSSR count). The van der Waals surface area contributed by atoms with Gasteiger partial charge in [0, 0.05) is 26.2 Å².